The van der Waals surface area contributed by atoms with Crippen molar-refractivity contribution in [3.05, 3.63) is 18.0 Å². The molecule has 4 heteroatoms. The van der Waals surface area contributed by atoms with Crippen molar-refractivity contribution in [3.63, 3.8) is 0 Å². The van der Waals surface area contributed by atoms with E-state index in [1.54, 1.807) is 11.8 Å². The van der Waals surface area contributed by atoms with E-state index in [4.69, 9.17) is 0 Å². The van der Waals surface area contributed by atoms with Crippen molar-refractivity contribution in [1.29, 1.82) is 0 Å². The summed E-state index contributed by atoms with van der Waals surface area (Å²) < 4.78 is 2.04. The van der Waals surface area contributed by atoms with Gasteiger partial charge in [0.15, 0.2) is 0 Å². The van der Waals surface area contributed by atoms with Crippen molar-refractivity contribution < 1.29 is 5.11 Å². The Morgan fingerprint density at radius 2 is 2.12 bits per heavy atom. The van der Waals surface area contributed by atoms with Gasteiger partial charge in [-0.3, -0.25) is 4.68 Å². The Morgan fingerprint density at radius 3 is 2.71 bits per heavy atom. The van der Waals surface area contributed by atoms with Gasteiger partial charge in [0.1, 0.15) is 0 Å². The van der Waals surface area contributed by atoms with Gasteiger partial charge < -0.3 is 5.11 Å². The maximum Gasteiger partial charge on any atom is 0.0650 e. The Labute approximate surface area is 109 Å². The largest absolute Gasteiger partial charge is 0.393 e. The molecule has 0 radical (unpaired) electrons. The molecule has 0 aliphatic carbocycles. The van der Waals surface area contributed by atoms with E-state index < -0.39 is 0 Å². The molecule has 17 heavy (non-hydrogen) atoms. The molecule has 0 saturated carbocycles. The Hall–Kier alpha value is -0.480. The van der Waals surface area contributed by atoms with E-state index in [9.17, 15) is 5.11 Å². The third kappa shape index (κ3) is 4.72. The zero-order chi connectivity index (χ0) is 12.7. The lowest BCUT2D eigenvalue weighted by Crippen LogP contribution is -2.13. The van der Waals surface area contributed by atoms with Gasteiger partial charge in [0.05, 0.1) is 17.8 Å². The van der Waals surface area contributed by atoms with E-state index >= 15 is 0 Å². The fourth-order valence-electron chi connectivity index (χ4n) is 1.95. The van der Waals surface area contributed by atoms with Crippen molar-refractivity contribution in [2.45, 2.75) is 51.7 Å². The monoisotopic (exact) mass is 256 g/mol. The topological polar surface area (TPSA) is 38.0 Å². The highest BCUT2D eigenvalue weighted by Gasteiger charge is 2.11. The first-order valence-electron chi connectivity index (χ1n) is 6.42. The maximum atomic E-state index is 9.83. The van der Waals surface area contributed by atoms with E-state index in [1.165, 1.54) is 0 Å². The highest BCUT2D eigenvalue weighted by Crippen LogP contribution is 2.15. The van der Waals surface area contributed by atoms with Crippen molar-refractivity contribution in [1.82, 2.24) is 9.78 Å². The predicted molar refractivity (Wildman–Crippen MR) is 74.6 cm³/mol. The smallest absolute Gasteiger partial charge is 0.0650 e. The van der Waals surface area contributed by atoms with E-state index in [0.29, 0.717) is 12.5 Å². The standard InChI is InChI=1S/C13H24N2OS/c1-4-12(5-2)15-8-6-11(14-15)10-13(16)7-9-17-3/h6,8,12-13,16H,4-5,7,9-10H2,1-3H3. The summed E-state index contributed by atoms with van der Waals surface area (Å²) >= 11 is 1.77. The van der Waals surface area contributed by atoms with Gasteiger partial charge in [-0.25, -0.2) is 0 Å². The van der Waals surface area contributed by atoms with Crippen LogP contribution in [0.5, 0.6) is 0 Å². The third-order valence-corrected chi connectivity index (χ3v) is 3.72. The molecule has 0 amide bonds. The van der Waals surface area contributed by atoms with Gasteiger partial charge in [0.2, 0.25) is 0 Å². The van der Waals surface area contributed by atoms with Gasteiger partial charge in [0, 0.05) is 12.6 Å². The number of hydrogen-bond acceptors (Lipinski definition) is 3. The highest BCUT2D eigenvalue weighted by atomic mass is 32.2. The molecule has 0 fully saturated rings. The Balaban J connectivity index is 2.50. The fraction of sp³-hybridized carbons (Fsp3) is 0.769. The summed E-state index contributed by atoms with van der Waals surface area (Å²) in [6, 6.07) is 2.52. The zero-order valence-electron chi connectivity index (χ0n) is 11.1. The summed E-state index contributed by atoms with van der Waals surface area (Å²) in [5.74, 6) is 1.01. The van der Waals surface area contributed by atoms with E-state index in [2.05, 4.69) is 25.2 Å². The lowest BCUT2D eigenvalue weighted by molar-refractivity contribution is 0.170. The average molecular weight is 256 g/mol. The first-order valence-corrected chi connectivity index (χ1v) is 7.81. The summed E-state index contributed by atoms with van der Waals surface area (Å²) in [5, 5.41) is 14.4. The van der Waals surface area contributed by atoms with Crippen LogP contribution in [0.15, 0.2) is 12.3 Å². The van der Waals surface area contributed by atoms with Crippen LogP contribution in [-0.2, 0) is 6.42 Å². The Morgan fingerprint density at radius 1 is 1.41 bits per heavy atom. The van der Waals surface area contributed by atoms with E-state index in [-0.39, 0.29) is 6.10 Å². The van der Waals surface area contributed by atoms with Crippen LogP contribution in [0.25, 0.3) is 0 Å². The molecular weight excluding hydrogens is 232 g/mol. The first-order chi connectivity index (χ1) is 8.21. The van der Waals surface area contributed by atoms with Gasteiger partial charge in [-0.15, -0.1) is 0 Å². The maximum absolute atomic E-state index is 9.83. The van der Waals surface area contributed by atoms with Crippen LogP contribution in [0.2, 0.25) is 0 Å². The lowest BCUT2D eigenvalue weighted by Gasteiger charge is -2.12. The number of aromatic nitrogens is 2. The van der Waals surface area contributed by atoms with E-state index in [0.717, 1.165) is 30.7 Å². The minimum atomic E-state index is -0.257. The number of aliphatic hydroxyl groups excluding tert-OH is 1. The SMILES string of the molecule is CCC(CC)n1ccc(CC(O)CCSC)n1. The second-order valence-electron chi connectivity index (χ2n) is 4.40. The van der Waals surface area contributed by atoms with Crippen LogP contribution in [0.3, 0.4) is 0 Å². The minimum Gasteiger partial charge on any atom is -0.393 e. The Kier molecular flexibility index (Phi) is 6.66. The third-order valence-electron chi connectivity index (χ3n) is 3.08. The molecule has 1 atom stereocenters. The molecule has 1 rings (SSSR count). The molecule has 1 aromatic heterocycles. The van der Waals surface area contributed by atoms with Crippen molar-refractivity contribution >= 4 is 11.8 Å². The summed E-state index contributed by atoms with van der Waals surface area (Å²) in [7, 11) is 0. The van der Waals surface area contributed by atoms with Crippen molar-refractivity contribution in [2.75, 3.05) is 12.0 Å². The van der Waals surface area contributed by atoms with Crippen molar-refractivity contribution in [2.24, 2.45) is 0 Å². The fourth-order valence-corrected chi connectivity index (χ4v) is 2.46. The van der Waals surface area contributed by atoms with Gasteiger partial charge >= 0.3 is 0 Å². The normalized spacial score (nSPS) is 13.2. The molecule has 1 heterocycles. The molecule has 0 aliphatic rings. The second kappa shape index (κ2) is 7.77. The molecule has 1 N–H and O–H groups in total. The molecule has 1 unspecified atom stereocenters. The minimum absolute atomic E-state index is 0.257. The van der Waals surface area contributed by atoms with Crippen LogP contribution in [0, 0.1) is 0 Å². The Bertz CT molecular complexity index is 310. The summed E-state index contributed by atoms with van der Waals surface area (Å²) in [4.78, 5) is 0. The number of aliphatic hydroxyl groups is 1. The van der Waals surface area contributed by atoms with Gasteiger partial charge in [-0.05, 0) is 37.3 Å². The molecule has 0 aromatic carbocycles. The predicted octanol–water partition coefficient (Wildman–Crippen LogP) is 2.90. The van der Waals surface area contributed by atoms with Crippen LogP contribution >= 0.6 is 11.8 Å². The van der Waals surface area contributed by atoms with Gasteiger partial charge in [0.25, 0.3) is 0 Å². The van der Waals surface area contributed by atoms with Crippen LogP contribution in [0.1, 0.15) is 44.8 Å². The average Bonchev–Trinajstić information content (AvgIpc) is 2.76. The first kappa shape index (κ1) is 14.6. The van der Waals surface area contributed by atoms with Gasteiger partial charge in [-0.2, -0.15) is 16.9 Å². The van der Waals surface area contributed by atoms with Crippen LogP contribution < -0.4 is 0 Å². The van der Waals surface area contributed by atoms with Gasteiger partial charge in [-0.1, -0.05) is 13.8 Å². The molecule has 0 spiro atoms. The van der Waals surface area contributed by atoms with Crippen LogP contribution in [0.4, 0.5) is 0 Å². The molecular formula is C13H24N2OS. The highest BCUT2D eigenvalue weighted by molar-refractivity contribution is 7.98. The number of rotatable bonds is 8. The summed E-state index contributed by atoms with van der Waals surface area (Å²) in [6.45, 7) is 4.37. The molecule has 1 aromatic rings. The lowest BCUT2D eigenvalue weighted by atomic mass is 10.1. The number of hydrogen-bond donors (Lipinski definition) is 1. The number of nitrogens with zero attached hydrogens (tertiary/aromatic N) is 2. The summed E-state index contributed by atoms with van der Waals surface area (Å²) in [5.41, 5.74) is 1.01. The number of thioether (sulfide) groups is 1. The summed E-state index contributed by atoms with van der Waals surface area (Å²) in [6.07, 6.45) is 7.57. The molecule has 0 bridgehead atoms. The van der Waals surface area contributed by atoms with Crippen LogP contribution in [-0.4, -0.2) is 33.0 Å². The molecule has 98 valence electrons. The molecule has 0 aliphatic heterocycles. The molecule has 0 saturated heterocycles. The van der Waals surface area contributed by atoms with E-state index in [1.807, 2.05) is 16.9 Å². The van der Waals surface area contributed by atoms with Crippen molar-refractivity contribution in [3.8, 4) is 0 Å². The zero-order valence-corrected chi connectivity index (χ0v) is 11.9. The molecule has 3 nitrogen and oxygen atoms in total. The quantitative estimate of drug-likeness (QED) is 0.777. The second-order valence-corrected chi connectivity index (χ2v) is 5.38.